The standard InChI is InChI=1S/C20H24FN3S/c1-15(22-20(25)23-18-7-5-6-17(21)14-18)16-8-10-19(11-9-16)24-12-3-2-4-13-24/h5-11,14-15H,2-4,12-13H2,1H3,(H2,22,23,25)/t15-/m1/s1. The largest absolute Gasteiger partial charge is 0.372 e. The summed E-state index contributed by atoms with van der Waals surface area (Å²) in [6.07, 6.45) is 3.89. The Morgan fingerprint density at radius 2 is 1.80 bits per heavy atom. The maximum absolute atomic E-state index is 13.2. The van der Waals surface area contributed by atoms with Crippen LogP contribution in [0.25, 0.3) is 0 Å². The van der Waals surface area contributed by atoms with Crippen molar-refractivity contribution in [3.63, 3.8) is 0 Å². The predicted octanol–water partition coefficient (Wildman–Crippen LogP) is 4.86. The molecule has 2 aromatic rings. The number of thiocarbonyl (C=S) groups is 1. The molecule has 3 nitrogen and oxygen atoms in total. The molecule has 1 heterocycles. The van der Waals surface area contributed by atoms with Crippen LogP contribution in [-0.2, 0) is 0 Å². The number of rotatable bonds is 4. The van der Waals surface area contributed by atoms with E-state index in [-0.39, 0.29) is 11.9 Å². The first-order chi connectivity index (χ1) is 12.1. The number of piperidine rings is 1. The monoisotopic (exact) mass is 357 g/mol. The minimum atomic E-state index is -0.283. The number of anilines is 2. The number of hydrogen-bond acceptors (Lipinski definition) is 2. The minimum absolute atomic E-state index is 0.0731. The Morgan fingerprint density at radius 1 is 1.08 bits per heavy atom. The van der Waals surface area contributed by atoms with Gasteiger partial charge >= 0.3 is 0 Å². The molecule has 0 aromatic heterocycles. The molecule has 0 unspecified atom stereocenters. The second-order valence-corrected chi connectivity index (χ2v) is 6.88. The van der Waals surface area contributed by atoms with Crippen LogP contribution >= 0.6 is 12.2 Å². The lowest BCUT2D eigenvalue weighted by atomic mass is 10.1. The van der Waals surface area contributed by atoms with E-state index in [9.17, 15) is 4.39 Å². The summed E-state index contributed by atoms with van der Waals surface area (Å²) in [5.74, 6) is -0.283. The smallest absolute Gasteiger partial charge is 0.171 e. The molecule has 1 aliphatic rings. The molecule has 0 bridgehead atoms. The van der Waals surface area contributed by atoms with Crippen LogP contribution in [0, 0.1) is 5.82 Å². The van der Waals surface area contributed by atoms with E-state index in [1.165, 1.54) is 42.6 Å². The van der Waals surface area contributed by atoms with Crippen LogP contribution < -0.4 is 15.5 Å². The molecular weight excluding hydrogens is 333 g/mol. The van der Waals surface area contributed by atoms with E-state index in [1.807, 2.05) is 0 Å². The van der Waals surface area contributed by atoms with Crippen molar-refractivity contribution in [3.05, 3.63) is 59.9 Å². The van der Waals surface area contributed by atoms with Crippen molar-refractivity contribution in [2.75, 3.05) is 23.3 Å². The van der Waals surface area contributed by atoms with Crippen molar-refractivity contribution in [2.24, 2.45) is 0 Å². The molecular formula is C20H24FN3S. The van der Waals surface area contributed by atoms with Crippen molar-refractivity contribution in [2.45, 2.75) is 32.2 Å². The number of halogens is 1. The lowest BCUT2D eigenvalue weighted by molar-refractivity contribution is 0.577. The molecule has 132 valence electrons. The van der Waals surface area contributed by atoms with Crippen LogP contribution in [0.4, 0.5) is 15.8 Å². The summed E-state index contributed by atoms with van der Waals surface area (Å²) in [7, 11) is 0. The number of hydrogen-bond donors (Lipinski definition) is 2. The summed E-state index contributed by atoms with van der Waals surface area (Å²) in [5.41, 5.74) is 3.10. The van der Waals surface area contributed by atoms with Gasteiger partial charge in [0, 0.05) is 24.5 Å². The van der Waals surface area contributed by atoms with Gasteiger partial charge in [-0.3, -0.25) is 0 Å². The summed E-state index contributed by atoms with van der Waals surface area (Å²) in [6, 6.07) is 15.0. The number of benzene rings is 2. The fraction of sp³-hybridized carbons (Fsp3) is 0.350. The first kappa shape index (κ1) is 17.7. The fourth-order valence-corrected chi connectivity index (χ4v) is 3.43. The molecule has 0 aliphatic carbocycles. The Morgan fingerprint density at radius 3 is 2.48 bits per heavy atom. The van der Waals surface area contributed by atoms with Crippen LogP contribution in [0.1, 0.15) is 37.8 Å². The Bertz CT molecular complexity index is 711. The van der Waals surface area contributed by atoms with Gasteiger partial charge in [-0.15, -0.1) is 0 Å². The molecule has 2 N–H and O–H groups in total. The molecule has 0 radical (unpaired) electrons. The van der Waals surface area contributed by atoms with Crippen LogP contribution in [0.15, 0.2) is 48.5 Å². The SMILES string of the molecule is C[C@@H](NC(=S)Nc1cccc(F)c1)c1ccc(N2CCCCC2)cc1. The van der Waals surface area contributed by atoms with Crippen molar-refractivity contribution < 1.29 is 4.39 Å². The van der Waals surface area contributed by atoms with Gasteiger partial charge in [-0.25, -0.2) is 4.39 Å². The molecule has 2 aromatic carbocycles. The summed E-state index contributed by atoms with van der Waals surface area (Å²) in [5, 5.41) is 6.75. The summed E-state index contributed by atoms with van der Waals surface area (Å²) < 4.78 is 13.2. The zero-order valence-electron chi connectivity index (χ0n) is 14.5. The number of nitrogens with zero attached hydrogens (tertiary/aromatic N) is 1. The van der Waals surface area contributed by atoms with E-state index in [1.54, 1.807) is 12.1 Å². The molecule has 3 rings (SSSR count). The molecule has 1 atom stereocenters. The predicted molar refractivity (Wildman–Crippen MR) is 107 cm³/mol. The van der Waals surface area contributed by atoms with Gasteiger partial charge < -0.3 is 15.5 Å². The Labute approximate surface area is 154 Å². The Balaban J connectivity index is 1.57. The van der Waals surface area contributed by atoms with E-state index in [0.29, 0.717) is 10.8 Å². The van der Waals surface area contributed by atoms with Crippen molar-refractivity contribution >= 4 is 28.7 Å². The maximum atomic E-state index is 13.2. The van der Waals surface area contributed by atoms with Crippen molar-refractivity contribution in [1.29, 1.82) is 0 Å². The van der Waals surface area contributed by atoms with E-state index >= 15 is 0 Å². The first-order valence-electron chi connectivity index (χ1n) is 8.80. The van der Waals surface area contributed by atoms with Gasteiger partial charge in [0.1, 0.15) is 5.82 Å². The fourth-order valence-electron chi connectivity index (χ4n) is 3.14. The Kier molecular flexibility index (Phi) is 5.87. The lowest BCUT2D eigenvalue weighted by Crippen LogP contribution is -2.31. The average molecular weight is 357 g/mol. The molecule has 0 saturated carbocycles. The van der Waals surface area contributed by atoms with Gasteiger partial charge in [0.2, 0.25) is 0 Å². The third kappa shape index (κ3) is 4.92. The summed E-state index contributed by atoms with van der Waals surface area (Å²) >= 11 is 5.33. The van der Waals surface area contributed by atoms with Gasteiger partial charge in [0.15, 0.2) is 5.11 Å². The van der Waals surface area contributed by atoms with Gasteiger partial charge in [0.25, 0.3) is 0 Å². The van der Waals surface area contributed by atoms with Crippen molar-refractivity contribution in [3.8, 4) is 0 Å². The maximum Gasteiger partial charge on any atom is 0.171 e. The second kappa shape index (κ2) is 8.30. The minimum Gasteiger partial charge on any atom is -0.372 e. The average Bonchev–Trinajstić information content (AvgIpc) is 2.62. The van der Waals surface area contributed by atoms with E-state index in [0.717, 1.165) is 13.1 Å². The molecule has 5 heteroatoms. The van der Waals surface area contributed by atoms with Gasteiger partial charge in [-0.1, -0.05) is 18.2 Å². The van der Waals surface area contributed by atoms with E-state index in [2.05, 4.69) is 46.7 Å². The van der Waals surface area contributed by atoms with Crippen molar-refractivity contribution in [1.82, 2.24) is 5.32 Å². The third-order valence-electron chi connectivity index (χ3n) is 4.54. The zero-order valence-corrected chi connectivity index (χ0v) is 15.3. The molecule has 1 saturated heterocycles. The molecule has 0 amide bonds. The highest BCUT2D eigenvalue weighted by Crippen LogP contribution is 2.22. The second-order valence-electron chi connectivity index (χ2n) is 6.47. The highest BCUT2D eigenvalue weighted by atomic mass is 32.1. The van der Waals surface area contributed by atoms with E-state index < -0.39 is 0 Å². The summed E-state index contributed by atoms with van der Waals surface area (Å²) in [6.45, 7) is 4.36. The summed E-state index contributed by atoms with van der Waals surface area (Å²) in [4.78, 5) is 2.45. The van der Waals surface area contributed by atoms with Gasteiger partial charge in [-0.05, 0) is 74.3 Å². The van der Waals surface area contributed by atoms with Gasteiger partial charge in [-0.2, -0.15) is 0 Å². The quantitative estimate of drug-likeness (QED) is 0.764. The first-order valence-corrected chi connectivity index (χ1v) is 9.20. The molecule has 1 fully saturated rings. The Hall–Kier alpha value is -2.14. The number of nitrogens with one attached hydrogen (secondary N) is 2. The third-order valence-corrected chi connectivity index (χ3v) is 4.76. The lowest BCUT2D eigenvalue weighted by Gasteiger charge is -2.29. The molecule has 0 spiro atoms. The van der Waals surface area contributed by atoms with E-state index in [4.69, 9.17) is 12.2 Å². The van der Waals surface area contributed by atoms with Crippen LogP contribution in [0.2, 0.25) is 0 Å². The highest BCUT2D eigenvalue weighted by Gasteiger charge is 2.12. The normalized spacial score (nSPS) is 15.5. The van der Waals surface area contributed by atoms with Crippen LogP contribution in [0.5, 0.6) is 0 Å². The topological polar surface area (TPSA) is 27.3 Å². The molecule has 25 heavy (non-hydrogen) atoms. The van der Waals surface area contributed by atoms with Crippen LogP contribution in [-0.4, -0.2) is 18.2 Å². The van der Waals surface area contributed by atoms with Gasteiger partial charge in [0.05, 0.1) is 6.04 Å². The molecule has 1 aliphatic heterocycles. The highest BCUT2D eigenvalue weighted by molar-refractivity contribution is 7.80. The zero-order chi connectivity index (χ0) is 17.6. The van der Waals surface area contributed by atoms with Crippen LogP contribution in [0.3, 0.4) is 0 Å².